The van der Waals surface area contributed by atoms with Gasteiger partial charge in [0.25, 0.3) is 11.8 Å². The summed E-state index contributed by atoms with van der Waals surface area (Å²) < 4.78 is 17.6. The Kier molecular flexibility index (Phi) is 4.24. The quantitative estimate of drug-likeness (QED) is 0.562. The normalized spacial score (nSPS) is 13.3. The van der Waals surface area contributed by atoms with Crippen molar-refractivity contribution in [1.82, 2.24) is 29.0 Å². The highest BCUT2D eigenvalue weighted by atomic mass is 19.1. The molecule has 3 aromatic heterocycles. The van der Waals surface area contributed by atoms with E-state index in [9.17, 15) is 14.0 Å². The Morgan fingerprint density at radius 3 is 2.90 bits per heavy atom. The molecule has 0 bridgehead atoms. The number of amides is 2. The van der Waals surface area contributed by atoms with Gasteiger partial charge in [0.2, 0.25) is 0 Å². The summed E-state index contributed by atoms with van der Waals surface area (Å²) in [5, 5.41) is 6.66. The maximum atomic E-state index is 14.2. The second-order valence-corrected chi connectivity index (χ2v) is 6.89. The van der Waals surface area contributed by atoms with Gasteiger partial charge in [-0.2, -0.15) is 5.10 Å². The van der Waals surface area contributed by atoms with Crippen LogP contribution in [-0.2, 0) is 13.1 Å². The van der Waals surface area contributed by atoms with Gasteiger partial charge in [0.15, 0.2) is 5.65 Å². The number of hydrogen-bond acceptors (Lipinski definition) is 5. The Labute approximate surface area is 169 Å². The number of fused-ring (bicyclic) bond motifs is 2. The van der Waals surface area contributed by atoms with E-state index in [-0.39, 0.29) is 22.9 Å². The second-order valence-electron chi connectivity index (χ2n) is 6.89. The highest BCUT2D eigenvalue weighted by molar-refractivity contribution is 6.04. The molecule has 1 aromatic carbocycles. The molecule has 0 spiro atoms. The van der Waals surface area contributed by atoms with Crippen LogP contribution in [0.4, 0.5) is 10.1 Å². The molecular weight excluding hydrogens is 389 g/mol. The maximum absolute atomic E-state index is 14.2. The van der Waals surface area contributed by atoms with Crippen LogP contribution in [0.3, 0.4) is 0 Å². The number of carbonyl (C=O) groups is 2. The first-order valence-corrected chi connectivity index (χ1v) is 9.28. The van der Waals surface area contributed by atoms with Crippen molar-refractivity contribution in [3.8, 4) is 0 Å². The van der Waals surface area contributed by atoms with Crippen LogP contribution in [0.5, 0.6) is 0 Å². The molecule has 1 aliphatic rings. The summed E-state index contributed by atoms with van der Waals surface area (Å²) in [4.78, 5) is 35.5. The van der Waals surface area contributed by atoms with E-state index in [1.165, 1.54) is 23.0 Å². The average Bonchev–Trinajstić information content (AvgIpc) is 3.41. The fraction of sp³-hybridized carbons (Fsp3) is 0.150. The SMILES string of the molecule is O=C(Nc1cc(F)cc(C(=O)N2CCn3ccnc3C2)c1)c1cccc2ncnn12. The van der Waals surface area contributed by atoms with E-state index in [0.29, 0.717) is 25.3 Å². The Morgan fingerprint density at radius 2 is 2.00 bits per heavy atom. The van der Waals surface area contributed by atoms with Gasteiger partial charge in [-0.25, -0.2) is 18.9 Å². The van der Waals surface area contributed by atoms with Crippen molar-refractivity contribution in [1.29, 1.82) is 0 Å². The smallest absolute Gasteiger partial charge is 0.274 e. The Morgan fingerprint density at radius 1 is 1.10 bits per heavy atom. The molecular formula is C20H16FN7O2. The summed E-state index contributed by atoms with van der Waals surface area (Å²) in [6.07, 6.45) is 4.90. The van der Waals surface area contributed by atoms with Crippen LogP contribution in [0.25, 0.3) is 5.65 Å². The maximum Gasteiger partial charge on any atom is 0.274 e. The van der Waals surface area contributed by atoms with Gasteiger partial charge in [0, 0.05) is 36.7 Å². The van der Waals surface area contributed by atoms with Gasteiger partial charge in [0.1, 0.15) is 23.7 Å². The minimum atomic E-state index is -0.617. The van der Waals surface area contributed by atoms with Crippen LogP contribution < -0.4 is 5.32 Å². The van der Waals surface area contributed by atoms with E-state index in [2.05, 4.69) is 20.4 Å². The number of carbonyl (C=O) groups excluding carboxylic acids is 2. The van der Waals surface area contributed by atoms with Gasteiger partial charge >= 0.3 is 0 Å². The number of anilines is 1. The molecule has 0 fully saturated rings. The molecule has 0 radical (unpaired) electrons. The first kappa shape index (κ1) is 18.0. The number of pyridine rings is 1. The third-order valence-corrected chi connectivity index (χ3v) is 4.97. The van der Waals surface area contributed by atoms with Gasteiger partial charge in [0.05, 0.1) is 6.54 Å². The highest BCUT2D eigenvalue weighted by Gasteiger charge is 2.23. The van der Waals surface area contributed by atoms with Gasteiger partial charge < -0.3 is 14.8 Å². The number of halogens is 1. The molecule has 0 saturated carbocycles. The van der Waals surface area contributed by atoms with Crippen molar-refractivity contribution in [3.63, 3.8) is 0 Å². The van der Waals surface area contributed by atoms with Crippen molar-refractivity contribution in [2.45, 2.75) is 13.1 Å². The van der Waals surface area contributed by atoms with Crippen LogP contribution in [0.1, 0.15) is 26.7 Å². The first-order chi connectivity index (χ1) is 14.6. The van der Waals surface area contributed by atoms with Crippen LogP contribution in [0.2, 0.25) is 0 Å². The first-order valence-electron chi connectivity index (χ1n) is 9.28. The van der Waals surface area contributed by atoms with Crippen molar-refractivity contribution >= 4 is 23.1 Å². The van der Waals surface area contributed by atoms with Gasteiger partial charge in [-0.1, -0.05) is 6.07 Å². The van der Waals surface area contributed by atoms with E-state index < -0.39 is 11.7 Å². The number of aromatic nitrogens is 5. The molecule has 5 rings (SSSR count). The van der Waals surface area contributed by atoms with E-state index in [1.54, 1.807) is 29.3 Å². The molecule has 150 valence electrons. The Bertz CT molecular complexity index is 1280. The standard InChI is InChI=1S/C20H16FN7O2/c21-14-8-13(20(30)27-7-6-26-5-4-22-18(26)11-27)9-15(10-14)25-19(29)16-2-1-3-17-23-12-24-28(16)17/h1-5,8-10,12H,6-7,11H2,(H,25,29). The third-order valence-electron chi connectivity index (χ3n) is 4.97. The molecule has 2 amide bonds. The summed E-state index contributed by atoms with van der Waals surface area (Å²) in [5.41, 5.74) is 1.09. The summed E-state index contributed by atoms with van der Waals surface area (Å²) in [7, 11) is 0. The summed E-state index contributed by atoms with van der Waals surface area (Å²) in [6.45, 7) is 1.47. The summed E-state index contributed by atoms with van der Waals surface area (Å²) >= 11 is 0. The molecule has 4 heterocycles. The average molecular weight is 405 g/mol. The third kappa shape index (κ3) is 3.17. The van der Waals surface area contributed by atoms with E-state index in [0.717, 1.165) is 11.9 Å². The highest BCUT2D eigenvalue weighted by Crippen LogP contribution is 2.19. The van der Waals surface area contributed by atoms with E-state index in [4.69, 9.17) is 0 Å². The predicted octanol–water partition coefficient (Wildman–Crippen LogP) is 1.97. The fourth-order valence-electron chi connectivity index (χ4n) is 3.53. The Hall–Kier alpha value is -4.08. The van der Waals surface area contributed by atoms with E-state index >= 15 is 0 Å². The number of rotatable bonds is 3. The van der Waals surface area contributed by atoms with Gasteiger partial charge in [-0.15, -0.1) is 0 Å². The number of hydrogen-bond donors (Lipinski definition) is 1. The monoisotopic (exact) mass is 405 g/mol. The van der Waals surface area contributed by atoms with Gasteiger partial charge in [-0.05, 0) is 30.3 Å². The summed E-state index contributed by atoms with van der Waals surface area (Å²) in [6, 6.07) is 8.77. The molecule has 1 aliphatic heterocycles. The second kappa shape index (κ2) is 7.07. The number of benzene rings is 1. The van der Waals surface area contributed by atoms with Crippen molar-refractivity contribution in [3.05, 3.63) is 78.0 Å². The molecule has 1 N–H and O–H groups in total. The molecule has 30 heavy (non-hydrogen) atoms. The predicted molar refractivity (Wildman–Crippen MR) is 104 cm³/mol. The topological polar surface area (TPSA) is 97.4 Å². The van der Waals surface area contributed by atoms with Crippen LogP contribution in [0.15, 0.2) is 55.1 Å². The van der Waals surface area contributed by atoms with E-state index in [1.807, 2.05) is 10.8 Å². The number of nitrogens with zero attached hydrogens (tertiary/aromatic N) is 6. The van der Waals surface area contributed by atoms with Crippen LogP contribution >= 0.6 is 0 Å². The van der Waals surface area contributed by atoms with Crippen molar-refractivity contribution < 1.29 is 14.0 Å². The zero-order valence-electron chi connectivity index (χ0n) is 15.7. The molecule has 0 saturated heterocycles. The van der Waals surface area contributed by atoms with Crippen molar-refractivity contribution in [2.24, 2.45) is 0 Å². The van der Waals surface area contributed by atoms with Crippen LogP contribution in [-0.4, -0.2) is 47.4 Å². The number of imidazole rings is 1. The zero-order valence-corrected chi connectivity index (χ0v) is 15.7. The lowest BCUT2D eigenvalue weighted by Gasteiger charge is -2.27. The lowest BCUT2D eigenvalue weighted by Crippen LogP contribution is -2.38. The largest absolute Gasteiger partial charge is 0.332 e. The lowest BCUT2D eigenvalue weighted by atomic mass is 10.1. The van der Waals surface area contributed by atoms with Crippen molar-refractivity contribution in [2.75, 3.05) is 11.9 Å². The molecule has 9 nitrogen and oxygen atoms in total. The molecule has 0 aliphatic carbocycles. The number of nitrogens with one attached hydrogen (secondary N) is 1. The molecule has 0 unspecified atom stereocenters. The minimum Gasteiger partial charge on any atom is -0.332 e. The van der Waals surface area contributed by atoms with Gasteiger partial charge in [-0.3, -0.25) is 9.59 Å². The molecule has 10 heteroatoms. The Balaban J connectivity index is 1.39. The lowest BCUT2D eigenvalue weighted by molar-refractivity contribution is 0.0707. The summed E-state index contributed by atoms with van der Waals surface area (Å²) in [5.74, 6) is -0.651. The molecule has 4 aromatic rings. The molecule has 0 atom stereocenters. The zero-order chi connectivity index (χ0) is 20.7. The minimum absolute atomic E-state index is 0.157. The van der Waals surface area contributed by atoms with Crippen LogP contribution in [0, 0.1) is 5.82 Å². The fourth-order valence-corrected chi connectivity index (χ4v) is 3.53.